The molecular weight excluding hydrogens is 452 g/mol. The zero-order chi connectivity index (χ0) is 24.1. The maximum atomic E-state index is 13.0. The van der Waals surface area contributed by atoms with Gasteiger partial charge in [0.15, 0.2) is 0 Å². The highest BCUT2D eigenvalue weighted by molar-refractivity contribution is 7.92. The lowest BCUT2D eigenvalue weighted by molar-refractivity contribution is -0.0586. The van der Waals surface area contributed by atoms with Crippen molar-refractivity contribution in [2.24, 2.45) is 0 Å². The Labute approximate surface area is 200 Å². The predicted octanol–water partition coefficient (Wildman–Crippen LogP) is 4.32. The monoisotopic (exact) mass is 480 g/mol. The molecule has 0 spiro atoms. The fourth-order valence-corrected chi connectivity index (χ4v) is 5.00. The Morgan fingerprint density at radius 3 is 2.32 bits per heavy atom. The van der Waals surface area contributed by atoms with E-state index >= 15 is 0 Å². The molecule has 0 bridgehead atoms. The smallest absolute Gasteiger partial charge is 0.261 e. The molecule has 1 aliphatic rings. The summed E-state index contributed by atoms with van der Waals surface area (Å²) < 4.78 is 39.9. The number of carbonyl (C=O) groups excluding carboxylic acids is 1. The maximum Gasteiger partial charge on any atom is 0.261 e. The van der Waals surface area contributed by atoms with E-state index in [4.69, 9.17) is 9.47 Å². The summed E-state index contributed by atoms with van der Waals surface area (Å²) in [6.45, 7) is 5.19. The zero-order valence-electron chi connectivity index (χ0n) is 19.2. The van der Waals surface area contributed by atoms with Crippen molar-refractivity contribution >= 4 is 21.6 Å². The van der Waals surface area contributed by atoms with E-state index in [9.17, 15) is 13.2 Å². The summed E-state index contributed by atoms with van der Waals surface area (Å²) in [5.74, 6) is 0.423. The summed E-state index contributed by atoms with van der Waals surface area (Å²) >= 11 is 0. The SMILES string of the molecule is CC1CN(C(=O)c2cccc(S(=O)(=O)Nc3ccc(OCc4ccccc4)cc3)c2)CC(C)O1. The zero-order valence-corrected chi connectivity index (χ0v) is 20.0. The number of rotatable bonds is 7. The molecule has 2 unspecified atom stereocenters. The number of ether oxygens (including phenoxy) is 2. The third kappa shape index (κ3) is 5.95. The topological polar surface area (TPSA) is 84.9 Å². The molecule has 8 heteroatoms. The van der Waals surface area contributed by atoms with Crippen molar-refractivity contribution in [2.45, 2.75) is 37.6 Å². The van der Waals surface area contributed by atoms with Gasteiger partial charge < -0.3 is 14.4 Å². The largest absolute Gasteiger partial charge is 0.489 e. The van der Waals surface area contributed by atoms with E-state index in [0.717, 1.165) is 5.56 Å². The van der Waals surface area contributed by atoms with E-state index in [1.54, 1.807) is 41.3 Å². The van der Waals surface area contributed by atoms with E-state index < -0.39 is 10.0 Å². The molecule has 2 atom stereocenters. The highest BCUT2D eigenvalue weighted by Gasteiger charge is 2.27. The van der Waals surface area contributed by atoms with E-state index in [1.165, 1.54) is 12.1 Å². The van der Waals surface area contributed by atoms with Gasteiger partial charge in [-0.3, -0.25) is 9.52 Å². The van der Waals surface area contributed by atoms with Crippen LogP contribution < -0.4 is 9.46 Å². The van der Waals surface area contributed by atoms with Crippen molar-refractivity contribution in [1.82, 2.24) is 4.90 Å². The van der Waals surface area contributed by atoms with Crippen molar-refractivity contribution in [2.75, 3.05) is 17.8 Å². The van der Waals surface area contributed by atoms with Gasteiger partial charge in [-0.2, -0.15) is 0 Å². The molecule has 4 rings (SSSR count). The lowest BCUT2D eigenvalue weighted by Crippen LogP contribution is -2.48. The average molecular weight is 481 g/mol. The van der Waals surface area contributed by atoms with Crippen LogP contribution >= 0.6 is 0 Å². The van der Waals surface area contributed by atoms with Crippen LogP contribution in [-0.4, -0.2) is 44.5 Å². The first-order chi connectivity index (χ1) is 16.3. The molecule has 1 aliphatic heterocycles. The number of carbonyl (C=O) groups is 1. The van der Waals surface area contributed by atoms with Gasteiger partial charge in [0.1, 0.15) is 12.4 Å². The third-order valence-electron chi connectivity index (χ3n) is 5.45. The van der Waals surface area contributed by atoms with Crippen LogP contribution in [0.5, 0.6) is 5.75 Å². The molecule has 0 aliphatic carbocycles. The van der Waals surface area contributed by atoms with Crippen LogP contribution in [0.15, 0.2) is 83.8 Å². The Morgan fingerprint density at radius 1 is 0.971 bits per heavy atom. The Hall–Kier alpha value is -3.36. The van der Waals surface area contributed by atoms with Gasteiger partial charge in [-0.05, 0) is 61.9 Å². The van der Waals surface area contributed by atoms with Crippen molar-refractivity contribution < 1.29 is 22.7 Å². The molecule has 1 amide bonds. The van der Waals surface area contributed by atoms with Crippen LogP contribution in [0.4, 0.5) is 5.69 Å². The molecule has 0 aromatic heterocycles. The van der Waals surface area contributed by atoms with Crippen LogP contribution in [-0.2, 0) is 21.4 Å². The average Bonchev–Trinajstić information content (AvgIpc) is 2.83. The number of morpholine rings is 1. The van der Waals surface area contributed by atoms with Gasteiger partial charge in [0.2, 0.25) is 0 Å². The number of hydrogen-bond acceptors (Lipinski definition) is 5. The van der Waals surface area contributed by atoms with Gasteiger partial charge in [0.25, 0.3) is 15.9 Å². The molecule has 0 radical (unpaired) electrons. The molecule has 0 saturated carbocycles. The molecule has 3 aromatic rings. The van der Waals surface area contributed by atoms with Gasteiger partial charge in [-0.1, -0.05) is 36.4 Å². The lowest BCUT2D eigenvalue weighted by atomic mass is 10.1. The molecule has 178 valence electrons. The molecule has 34 heavy (non-hydrogen) atoms. The number of nitrogens with zero attached hydrogens (tertiary/aromatic N) is 1. The first-order valence-corrected chi connectivity index (χ1v) is 12.6. The van der Waals surface area contributed by atoms with Crippen LogP contribution in [0.2, 0.25) is 0 Å². The highest BCUT2D eigenvalue weighted by atomic mass is 32.2. The fraction of sp³-hybridized carbons (Fsp3) is 0.269. The van der Waals surface area contributed by atoms with Crippen molar-refractivity contribution in [3.05, 3.63) is 90.0 Å². The Morgan fingerprint density at radius 2 is 1.65 bits per heavy atom. The molecule has 1 fully saturated rings. The Bertz CT molecular complexity index is 1220. The van der Waals surface area contributed by atoms with Crippen LogP contribution in [0, 0.1) is 0 Å². The van der Waals surface area contributed by atoms with E-state index in [-0.39, 0.29) is 23.0 Å². The van der Waals surface area contributed by atoms with Gasteiger partial charge in [-0.25, -0.2) is 8.42 Å². The summed E-state index contributed by atoms with van der Waals surface area (Å²) in [7, 11) is -3.88. The quantitative estimate of drug-likeness (QED) is 0.545. The van der Waals surface area contributed by atoms with Gasteiger partial charge in [0, 0.05) is 24.3 Å². The number of amides is 1. The summed E-state index contributed by atoms with van der Waals surface area (Å²) in [5, 5.41) is 0. The number of nitrogens with one attached hydrogen (secondary N) is 1. The third-order valence-corrected chi connectivity index (χ3v) is 6.83. The van der Waals surface area contributed by atoms with Gasteiger partial charge in [0.05, 0.1) is 17.1 Å². The molecule has 1 heterocycles. The number of anilines is 1. The maximum absolute atomic E-state index is 13.0. The summed E-state index contributed by atoms with van der Waals surface area (Å²) in [4.78, 5) is 14.7. The molecule has 1 saturated heterocycles. The van der Waals surface area contributed by atoms with Crippen LogP contribution in [0.25, 0.3) is 0 Å². The van der Waals surface area contributed by atoms with E-state index in [1.807, 2.05) is 44.2 Å². The molecule has 1 N–H and O–H groups in total. The standard InChI is InChI=1S/C26H28N2O5S/c1-19-16-28(17-20(2)33-19)26(29)22-9-6-10-25(15-22)34(30,31)27-23-11-13-24(14-12-23)32-18-21-7-4-3-5-8-21/h3-15,19-20,27H,16-18H2,1-2H3. The van der Waals surface area contributed by atoms with Gasteiger partial charge >= 0.3 is 0 Å². The first-order valence-electron chi connectivity index (χ1n) is 11.1. The van der Waals surface area contributed by atoms with Crippen LogP contribution in [0.3, 0.4) is 0 Å². The minimum Gasteiger partial charge on any atom is -0.489 e. The first kappa shape index (κ1) is 23.8. The second kappa shape index (κ2) is 10.3. The molecule has 3 aromatic carbocycles. The van der Waals surface area contributed by atoms with Gasteiger partial charge in [-0.15, -0.1) is 0 Å². The Balaban J connectivity index is 1.42. The van der Waals surface area contributed by atoms with Crippen molar-refractivity contribution in [3.63, 3.8) is 0 Å². The molecule has 7 nitrogen and oxygen atoms in total. The highest BCUT2D eigenvalue weighted by Crippen LogP contribution is 2.22. The number of hydrogen-bond donors (Lipinski definition) is 1. The fourth-order valence-electron chi connectivity index (χ4n) is 3.90. The minimum atomic E-state index is -3.88. The van der Waals surface area contributed by atoms with E-state index in [0.29, 0.717) is 36.7 Å². The van der Waals surface area contributed by atoms with Crippen molar-refractivity contribution in [3.8, 4) is 5.75 Å². The van der Waals surface area contributed by atoms with Crippen molar-refractivity contribution in [1.29, 1.82) is 0 Å². The second-order valence-corrected chi connectivity index (χ2v) is 10.1. The summed E-state index contributed by atoms with van der Waals surface area (Å²) in [6, 6.07) is 22.6. The Kier molecular flexibility index (Phi) is 7.19. The normalized spacial score (nSPS) is 18.4. The lowest BCUT2D eigenvalue weighted by Gasteiger charge is -2.35. The predicted molar refractivity (Wildman–Crippen MR) is 130 cm³/mol. The minimum absolute atomic E-state index is 0.0251. The van der Waals surface area contributed by atoms with E-state index in [2.05, 4.69) is 4.72 Å². The number of sulfonamides is 1. The second-order valence-electron chi connectivity index (χ2n) is 8.40. The number of benzene rings is 3. The summed E-state index contributed by atoms with van der Waals surface area (Å²) in [6.07, 6.45) is -0.137. The van der Waals surface area contributed by atoms with Crippen LogP contribution in [0.1, 0.15) is 29.8 Å². The molecular formula is C26H28N2O5S. The summed E-state index contributed by atoms with van der Waals surface area (Å²) in [5.41, 5.74) is 1.77.